The highest BCUT2D eigenvalue weighted by Crippen LogP contribution is 2.25. The number of ether oxygens (including phenoxy) is 1. The number of methoxy groups -OCH3 is 1. The molecule has 6 heteroatoms. The van der Waals surface area contributed by atoms with Crippen molar-refractivity contribution >= 4 is 34.7 Å². The van der Waals surface area contributed by atoms with Crippen molar-refractivity contribution in [2.75, 3.05) is 12.9 Å². The fourth-order valence-electron chi connectivity index (χ4n) is 2.09. The minimum absolute atomic E-state index is 0.0735. The molecule has 1 aliphatic rings. The van der Waals surface area contributed by atoms with Crippen LogP contribution in [0.1, 0.15) is 11.1 Å². The third kappa shape index (κ3) is 3.83. The van der Waals surface area contributed by atoms with Crippen LogP contribution < -0.4 is 4.74 Å². The number of hydrogen-bond donors (Lipinski definition) is 0. The van der Waals surface area contributed by atoms with E-state index < -0.39 is 0 Å². The Labute approximate surface area is 145 Å². The molecule has 0 N–H and O–H groups in total. The zero-order valence-corrected chi connectivity index (χ0v) is 14.3. The van der Waals surface area contributed by atoms with Crippen LogP contribution in [-0.4, -0.2) is 35.2 Å². The second kappa shape index (κ2) is 7.31. The molecule has 0 radical (unpaired) electrons. The molecule has 0 aromatic heterocycles. The molecule has 1 fully saturated rings. The summed E-state index contributed by atoms with van der Waals surface area (Å²) >= 11 is 1.38. The fraction of sp³-hybridized carbons (Fsp3) is 0.167. The lowest BCUT2D eigenvalue weighted by Crippen LogP contribution is -2.23. The molecule has 0 unspecified atom stereocenters. The summed E-state index contributed by atoms with van der Waals surface area (Å²) in [6.07, 6.45) is 1.67. The Morgan fingerprint density at radius 2 is 1.83 bits per heavy atom. The van der Waals surface area contributed by atoms with Gasteiger partial charge in [0, 0.05) is 0 Å². The Balaban J connectivity index is 1.80. The number of amides is 1. The van der Waals surface area contributed by atoms with Crippen molar-refractivity contribution in [1.29, 1.82) is 0 Å². The fourth-order valence-corrected chi connectivity index (χ4v) is 2.91. The lowest BCUT2D eigenvalue weighted by atomic mass is 10.2. The number of hydrogen-bond acceptors (Lipinski definition) is 5. The van der Waals surface area contributed by atoms with Gasteiger partial charge in [0.15, 0.2) is 5.17 Å². The van der Waals surface area contributed by atoms with Gasteiger partial charge in [-0.25, -0.2) is 4.99 Å². The summed E-state index contributed by atoms with van der Waals surface area (Å²) in [5, 5.41) is 6.23. The normalized spacial score (nSPS) is 16.3. The molecule has 1 amide bonds. The molecule has 0 atom stereocenters. The quantitative estimate of drug-likeness (QED) is 0.800. The van der Waals surface area contributed by atoms with Gasteiger partial charge < -0.3 is 4.74 Å². The topological polar surface area (TPSA) is 54.3 Å². The Kier molecular flexibility index (Phi) is 4.96. The van der Waals surface area contributed by atoms with E-state index in [-0.39, 0.29) is 5.91 Å². The van der Waals surface area contributed by atoms with Gasteiger partial charge in [-0.15, -0.1) is 0 Å². The summed E-state index contributed by atoms with van der Waals surface area (Å²) in [7, 11) is 1.62. The molecule has 2 aromatic carbocycles. The van der Waals surface area contributed by atoms with E-state index in [1.165, 1.54) is 22.3 Å². The Morgan fingerprint density at radius 3 is 2.50 bits per heavy atom. The van der Waals surface area contributed by atoms with Crippen LogP contribution in [-0.2, 0) is 4.79 Å². The zero-order valence-electron chi connectivity index (χ0n) is 13.5. The third-order valence-electron chi connectivity index (χ3n) is 3.44. The maximum absolute atomic E-state index is 12.0. The summed E-state index contributed by atoms with van der Waals surface area (Å²) in [5.41, 5.74) is 2.87. The number of hydrazone groups is 1. The van der Waals surface area contributed by atoms with E-state index >= 15 is 0 Å². The highest BCUT2D eigenvalue weighted by Gasteiger charge is 2.28. The number of carbonyl (C=O) groups is 1. The van der Waals surface area contributed by atoms with E-state index in [0.29, 0.717) is 10.9 Å². The molecule has 122 valence electrons. The summed E-state index contributed by atoms with van der Waals surface area (Å²) < 4.78 is 5.13. The van der Waals surface area contributed by atoms with Gasteiger partial charge in [0.2, 0.25) is 0 Å². The molecule has 0 aliphatic carbocycles. The van der Waals surface area contributed by atoms with Crippen LogP contribution in [0.15, 0.2) is 58.6 Å². The first-order valence-electron chi connectivity index (χ1n) is 7.45. The maximum Gasteiger partial charge on any atom is 0.259 e. The van der Waals surface area contributed by atoms with E-state index in [1.807, 2.05) is 55.5 Å². The number of thioether (sulfide) groups is 1. The van der Waals surface area contributed by atoms with Crippen molar-refractivity contribution in [2.45, 2.75) is 6.92 Å². The predicted octanol–water partition coefficient (Wildman–Crippen LogP) is 3.60. The second-order valence-electron chi connectivity index (χ2n) is 5.24. The van der Waals surface area contributed by atoms with Gasteiger partial charge in [-0.1, -0.05) is 41.6 Å². The van der Waals surface area contributed by atoms with Crippen molar-refractivity contribution in [3.63, 3.8) is 0 Å². The van der Waals surface area contributed by atoms with Gasteiger partial charge in [0.1, 0.15) is 5.75 Å². The minimum Gasteiger partial charge on any atom is -0.497 e. The van der Waals surface area contributed by atoms with Gasteiger partial charge in [-0.05, 0) is 36.8 Å². The number of carbonyl (C=O) groups excluding carboxylic acids is 1. The van der Waals surface area contributed by atoms with Crippen molar-refractivity contribution in [2.24, 2.45) is 10.1 Å². The van der Waals surface area contributed by atoms with Crippen molar-refractivity contribution in [3.05, 3.63) is 59.7 Å². The van der Waals surface area contributed by atoms with Gasteiger partial charge in [0.05, 0.1) is 24.8 Å². The van der Waals surface area contributed by atoms with Gasteiger partial charge in [-0.3, -0.25) is 4.79 Å². The van der Waals surface area contributed by atoms with E-state index in [2.05, 4.69) is 10.1 Å². The molecule has 24 heavy (non-hydrogen) atoms. The van der Waals surface area contributed by atoms with Gasteiger partial charge >= 0.3 is 0 Å². The average Bonchev–Trinajstić information content (AvgIpc) is 2.95. The first kappa shape index (κ1) is 16.3. The molecule has 5 nitrogen and oxygen atoms in total. The Bertz CT molecular complexity index is 783. The van der Waals surface area contributed by atoms with Crippen LogP contribution in [0.4, 0.5) is 5.69 Å². The standard InChI is InChI=1S/C18H17N3O2S/c1-13-3-5-14(6-4-13)11-19-21-17(22)12-24-18(21)20-15-7-9-16(23-2)10-8-15/h3-11H,12H2,1-2H3/b19-11-,20-18?. The molecule has 0 bridgehead atoms. The highest BCUT2D eigenvalue weighted by atomic mass is 32.2. The first-order chi connectivity index (χ1) is 11.7. The number of aryl methyl sites for hydroxylation is 1. The van der Waals surface area contributed by atoms with E-state index in [9.17, 15) is 4.79 Å². The highest BCUT2D eigenvalue weighted by molar-refractivity contribution is 8.15. The number of nitrogens with zero attached hydrogens (tertiary/aromatic N) is 3. The van der Waals surface area contributed by atoms with Crippen molar-refractivity contribution in [3.8, 4) is 5.75 Å². The number of aliphatic imine (C=N–C) groups is 1. The molecular weight excluding hydrogens is 322 g/mol. The summed E-state index contributed by atoms with van der Waals surface area (Å²) in [4.78, 5) is 16.5. The SMILES string of the molecule is COc1ccc(N=C2SCC(=O)N2/N=C\c2ccc(C)cc2)cc1. The summed E-state index contributed by atoms with van der Waals surface area (Å²) in [6.45, 7) is 2.03. The van der Waals surface area contributed by atoms with Gasteiger partial charge in [0.25, 0.3) is 5.91 Å². The van der Waals surface area contributed by atoms with Crippen LogP contribution in [0, 0.1) is 6.92 Å². The maximum atomic E-state index is 12.0. The molecule has 3 rings (SSSR count). The average molecular weight is 339 g/mol. The zero-order chi connectivity index (χ0) is 16.9. The van der Waals surface area contributed by atoms with Crippen molar-refractivity contribution < 1.29 is 9.53 Å². The lowest BCUT2D eigenvalue weighted by Gasteiger charge is -2.09. The van der Waals surface area contributed by atoms with E-state index in [4.69, 9.17) is 4.74 Å². The van der Waals surface area contributed by atoms with Crippen LogP contribution >= 0.6 is 11.8 Å². The smallest absolute Gasteiger partial charge is 0.259 e. The summed E-state index contributed by atoms with van der Waals surface area (Å²) in [5.74, 6) is 1.04. The molecule has 0 saturated carbocycles. The van der Waals surface area contributed by atoms with Crippen LogP contribution in [0.25, 0.3) is 0 Å². The number of benzene rings is 2. The number of amidine groups is 1. The van der Waals surface area contributed by atoms with Crippen LogP contribution in [0.5, 0.6) is 5.75 Å². The van der Waals surface area contributed by atoms with Gasteiger partial charge in [-0.2, -0.15) is 10.1 Å². The van der Waals surface area contributed by atoms with Crippen LogP contribution in [0.2, 0.25) is 0 Å². The molecular formula is C18H17N3O2S. The lowest BCUT2D eigenvalue weighted by molar-refractivity contribution is -0.124. The van der Waals surface area contributed by atoms with E-state index in [1.54, 1.807) is 13.3 Å². The largest absolute Gasteiger partial charge is 0.497 e. The Morgan fingerprint density at radius 1 is 1.12 bits per heavy atom. The second-order valence-corrected chi connectivity index (χ2v) is 6.18. The van der Waals surface area contributed by atoms with Crippen molar-refractivity contribution in [1.82, 2.24) is 5.01 Å². The number of rotatable bonds is 4. The molecule has 0 spiro atoms. The molecule has 1 heterocycles. The Hall–Kier alpha value is -2.60. The molecule has 2 aromatic rings. The predicted molar refractivity (Wildman–Crippen MR) is 98.2 cm³/mol. The minimum atomic E-state index is -0.0735. The first-order valence-corrected chi connectivity index (χ1v) is 8.43. The van der Waals surface area contributed by atoms with Crippen LogP contribution in [0.3, 0.4) is 0 Å². The molecule has 1 aliphatic heterocycles. The third-order valence-corrected chi connectivity index (χ3v) is 4.35. The molecule has 1 saturated heterocycles. The summed E-state index contributed by atoms with van der Waals surface area (Å²) in [6, 6.07) is 15.3. The monoisotopic (exact) mass is 339 g/mol. The van der Waals surface area contributed by atoms with E-state index in [0.717, 1.165) is 17.0 Å².